The molecule has 1 saturated carbocycles. The number of carboxylic acid groups (broad SMARTS) is 1. The summed E-state index contributed by atoms with van der Waals surface area (Å²) in [5, 5.41) is 9.60. The number of carbonyl (C=O) groups is 1. The topological polar surface area (TPSA) is 68.0 Å². The number of pyridine rings is 1. The molecular weight excluding hydrogens is 274 g/mol. The molecule has 2 heterocycles. The van der Waals surface area contributed by atoms with Crippen LogP contribution in [0.2, 0.25) is 0 Å². The summed E-state index contributed by atoms with van der Waals surface area (Å²) in [7, 11) is 0. The highest BCUT2D eigenvalue weighted by molar-refractivity contribution is 7.99. The Balaban J connectivity index is 1.83. The van der Waals surface area contributed by atoms with Gasteiger partial charge in [0.2, 0.25) is 0 Å². The Kier molecular flexibility index (Phi) is 3.91. The lowest BCUT2D eigenvalue weighted by molar-refractivity contribution is -0.133. The predicted octanol–water partition coefficient (Wildman–Crippen LogP) is 2.80. The molecule has 0 aromatic carbocycles. The molecular formula is C14H17N3O2S. The van der Waals surface area contributed by atoms with Gasteiger partial charge in [-0.1, -0.05) is 31.0 Å². The van der Waals surface area contributed by atoms with Crippen molar-refractivity contribution in [2.75, 3.05) is 5.75 Å². The third-order valence-corrected chi connectivity index (χ3v) is 4.74. The fourth-order valence-corrected chi connectivity index (χ4v) is 3.22. The van der Waals surface area contributed by atoms with Gasteiger partial charge in [-0.25, -0.2) is 9.97 Å². The number of imidazole rings is 1. The highest BCUT2D eigenvalue weighted by Gasteiger charge is 2.19. The Bertz CT molecular complexity index is 622. The molecule has 106 valence electrons. The van der Waals surface area contributed by atoms with Gasteiger partial charge in [-0.3, -0.25) is 4.79 Å². The lowest BCUT2D eigenvalue weighted by Gasteiger charge is -2.25. The number of fused-ring (bicyclic) bond motifs is 1. The van der Waals surface area contributed by atoms with Crippen LogP contribution in [0.1, 0.15) is 25.7 Å². The highest BCUT2D eigenvalue weighted by Crippen LogP contribution is 2.31. The maximum absolute atomic E-state index is 10.7. The molecule has 1 aliphatic carbocycles. The van der Waals surface area contributed by atoms with Crippen LogP contribution >= 0.6 is 11.8 Å². The van der Waals surface area contributed by atoms with Gasteiger partial charge in [-0.15, -0.1) is 0 Å². The minimum atomic E-state index is -0.819. The number of hydrogen-bond donors (Lipinski definition) is 1. The summed E-state index contributed by atoms with van der Waals surface area (Å²) in [5.41, 5.74) is 1.70. The van der Waals surface area contributed by atoms with Crippen molar-refractivity contribution in [3.63, 3.8) is 0 Å². The van der Waals surface area contributed by atoms with E-state index in [2.05, 4.69) is 14.5 Å². The summed E-state index contributed by atoms with van der Waals surface area (Å²) < 4.78 is 2.07. The summed E-state index contributed by atoms with van der Waals surface area (Å²) >= 11 is 1.27. The van der Waals surface area contributed by atoms with E-state index in [1.807, 2.05) is 12.1 Å². The van der Waals surface area contributed by atoms with Crippen molar-refractivity contribution in [2.45, 2.75) is 37.4 Å². The number of rotatable bonds is 6. The quantitative estimate of drug-likeness (QED) is 0.829. The van der Waals surface area contributed by atoms with Gasteiger partial charge in [0.05, 0.1) is 5.75 Å². The summed E-state index contributed by atoms with van der Waals surface area (Å²) in [6.45, 7) is 0.875. The van der Waals surface area contributed by atoms with Gasteiger partial charge < -0.3 is 9.67 Å². The number of nitrogens with zero attached hydrogens (tertiary/aromatic N) is 3. The number of carboxylic acids is 1. The van der Waals surface area contributed by atoms with Gasteiger partial charge in [0, 0.05) is 12.7 Å². The molecule has 0 aliphatic heterocycles. The Morgan fingerprint density at radius 1 is 1.50 bits per heavy atom. The van der Waals surface area contributed by atoms with E-state index in [1.165, 1.54) is 31.0 Å². The first-order valence-electron chi connectivity index (χ1n) is 6.90. The monoisotopic (exact) mass is 291 g/mol. The minimum absolute atomic E-state index is 0.0345. The van der Waals surface area contributed by atoms with E-state index in [1.54, 1.807) is 6.20 Å². The van der Waals surface area contributed by atoms with Crippen molar-refractivity contribution in [3.05, 3.63) is 18.3 Å². The molecule has 2 aromatic rings. The van der Waals surface area contributed by atoms with Crippen LogP contribution in [0.5, 0.6) is 0 Å². The SMILES string of the molecule is O=C(O)CSc1nc2cccnc2n1CCC1CCC1. The van der Waals surface area contributed by atoms with Crippen LogP contribution < -0.4 is 0 Å². The third-order valence-electron chi connectivity index (χ3n) is 3.78. The first kappa shape index (κ1) is 13.4. The molecule has 0 atom stereocenters. The fourth-order valence-electron chi connectivity index (χ4n) is 2.47. The van der Waals surface area contributed by atoms with Crippen LogP contribution in [0.4, 0.5) is 0 Å². The first-order chi connectivity index (χ1) is 9.74. The van der Waals surface area contributed by atoms with Gasteiger partial charge in [0.15, 0.2) is 10.8 Å². The van der Waals surface area contributed by atoms with Gasteiger partial charge in [0.1, 0.15) is 5.52 Å². The largest absolute Gasteiger partial charge is 0.481 e. The Morgan fingerprint density at radius 3 is 3.05 bits per heavy atom. The van der Waals surface area contributed by atoms with Crippen LogP contribution in [0.25, 0.3) is 11.2 Å². The lowest BCUT2D eigenvalue weighted by Crippen LogP contribution is -2.14. The maximum atomic E-state index is 10.7. The molecule has 1 fully saturated rings. The van der Waals surface area contributed by atoms with Crippen LogP contribution in [0.15, 0.2) is 23.5 Å². The van der Waals surface area contributed by atoms with E-state index in [0.29, 0.717) is 0 Å². The third kappa shape index (κ3) is 2.80. The van der Waals surface area contributed by atoms with E-state index in [9.17, 15) is 4.79 Å². The molecule has 3 rings (SSSR count). The Morgan fingerprint density at radius 2 is 2.35 bits per heavy atom. The molecule has 0 unspecified atom stereocenters. The Hall–Kier alpha value is -1.56. The molecule has 1 N–H and O–H groups in total. The average Bonchev–Trinajstić information content (AvgIpc) is 2.73. The molecule has 0 amide bonds. The summed E-state index contributed by atoms with van der Waals surface area (Å²) in [6, 6.07) is 3.78. The van der Waals surface area contributed by atoms with Crippen molar-refractivity contribution in [1.82, 2.24) is 14.5 Å². The predicted molar refractivity (Wildman–Crippen MR) is 77.8 cm³/mol. The van der Waals surface area contributed by atoms with E-state index in [-0.39, 0.29) is 5.75 Å². The van der Waals surface area contributed by atoms with E-state index >= 15 is 0 Å². The van der Waals surface area contributed by atoms with Crippen molar-refractivity contribution in [2.24, 2.45) is 5.92 Å². The highest BCUT2D eigenvalue weighted by atomic mass is 32.2. The fraction of sp³-hybridized carbons (Fsp3) is 0.500. The average molecular weight is 291 g/mol. The second kappa shape index (κ2) is 5.83. The van der Waals surface area contributed by atoms with Crippen molar-refractivity contribution in [1.29, 1.82) is 0 Å². The van der Waals surface area contributed by atoms with Crippen LogP contribution in [-0.4, -0.2) is 31.4 Å². The summed E-state index contributed by atoms with van der Waals surface area (Å²) in [5.74, 6) is 0.0290. The molecule has 0 bridgehead atoms. The van der Waals surface area contributed by atoms with Crippen LogP contribution in [0.3, 0.4) is 0 Å². The second-order valence-corrected chi connectivity index (χ2v) is 6.10. The molecule has 0 saturated heterocycles. The van der Waals surface area contributed by atoms with Crippen molar-refractivity contribution >= 4 is 28.9 Å². The number of aliphatic carboxylic acids is 1. The molecule has 5 nitrogen and oxygen atoms in total. The molecule has 20 heavy (non-hydrogen) atoms. The zero-order valence-electron chi connectivity index (χ0n) is 11.2. The summed E-state index contributed by atoms with van der Waals surface area (Å²) in [6.07, 6.45) is 6.86. The molecule has 2 aromatic heterocycles. The number of aromatic nitrogens is 3. The molecule has 0 spiro atoms. The van der Waals surface area contributed by atoms with E-state index in [4.69, 9.17) is 5.11 Å². The standard InChI is InChI=1S/C14H17N3O2S/c18-12(19)9-20-14-16-11-5-2-7-15-13(11)17(14)8-6-10-3-1-4-10/h2,5,7,10H,1,3-4,6,8-9H2,(H,18,19). The van der Waals surface area contributed by atoms with Crippen LogP contribution in [0, 0.1) is 5.92 Å². The zero-order chi connectivity index (χ0) is 13.9. The first-order valence-corrected chi connectivity index (χ1v) is 7.88. The number of hydrogen-bond acceptors (Lipinski definition) is 4. The zero-order valence-corrected chi connectivity index (χ0v) is 12.0. The number of thioether (sulfide) groups is 1. The normalized spacial score (nSPS) is 15.4. The summed E-state index contributed by atoms with van der Waals surface area (Å²) in [4.78, 5) is 19.6. The van der Waals surface area contributed by atoms with Gasteiger partial charge in [-0.05, 0) is 24.5 Å². The molecule has 0 radical (unpaired) electrons. The van der Waals surface area contributed by atoms with Crippen molar-refractivity contribution in [3.8, 4) is 0 Å². The maximum Gasteiger partial charge on any atom is 0.313 e. The lowest BCUT2D eigenvalue weighted by atomic mass is 9.83. The Labute approximate surface area is 121 Å². The van der Waals surface area contributed by atoms with Gasteiger partial charge >= 0.3 is 5.97 Å². The van der Waals surface area contributed by atoms with Crippen molar-refractivity contribution < 1.29 is 9.90 Å². The molecule has 1 aliphatic rings. The smallest absolute Gasteiger partial charge is 0.313 e. The number of aryl methyl sites for hydroxylation is 1. The van der Waals surface area contributed by atoms with Gasteiger partial charge in [-0.2, -0.15) is 0 Å². The van der Waals surface area contributed by atoms with Gasteiger partial charge in [0.25, 0.3) is 0 Å². The second-order valence-electron chi connectivity index (χ2n) is 5.16. The molecule has 6 heteroatoms. The van der Waals surface area contributed by atoms with Crippen LogP contribution in [-0.2, 0) is 11.3 Å². The minimum Gasteiger partial charge on any atom is -0.481 e. The van der Waals surface area contributed by atoms with E-state index < -0.39 is 5.97 Å². The van der Waals surface area contributed by atoms with E-state index in [0.717, 1.165) is 35.2 Å².